The molecule has 1 heterocycles. The first-order chi connectivity index (χ1) is 13.1. The van der Waals surface area contributed by atoms with E-state index in [1.165, 1.54) is 16.4 Å². The molecule has 2 aromatic carbocycles. The molecule has 0 unspecified atom stereocenters. The van der Waals surface area contributed by atoms with E-state index >= 15 is 0 Å². The molecule has 0 aliphatic carbocycles. The summed E-state index contributed by atoms with van der Waals surface area (Å²) in [6.07, 6.45) is -4.96. The topological polar surface area (TPSA) is 49.9 Å². The van der Waals surface area contributed by atoms with E-state index in [2.05, 4.69) is 15.7 Å². The summed E-state index contributed by atoms with van der Waals surface area (Å²) in [5.74, 6) is -0.716. The van der Waals surface area contributed by atoms with Gasteiger partial charge in [-0.25, -0.2) is 8.42 Å². The van der Waals surface area contributed by atoms with Gasteiger partial charge in [-0.1, -0.05) is 29.8 Å². The van der Waals surface area contributed by atoms with Crippen LogP contribution in [0, 0.1) is 13.8 Å². The Labute approximate surface area is 162 Å². The van der Waals surface area contributed by atoms with Crippen molar-refractivity contribution in [2.75, 3.05) is 31.1 Å². The van der Waals surface area contributed by atoms with Crippen molar-refractivity contribution in [3.8, 4) is 5.75 Å². The monoisotopic (exact) mass is 414 g/mol. The summed E-state index contributed by atoms with van der Waals surface area (Å²) in [6.45, 7) is 5.25. The lowest BCUT2D eigenvalue weighted by Gasteiger charge is -2.36. The molecule has 1 fully saturated rings. The molecule has 0 N–H and O–H groups in total. The van der Waals surface area contributed by atoms with Crippen LogP contribution >= 0.6 is 0 Å². The molecule has 0 saturated carbocycles. The summed E-state index contributed by atoms with van der Waals surface area (Å²) in [7, 11) is -4.11. The predicted molar refractivity (Wildman–Crippen MR) is 100 cm³/mol. The van der Waals surface area contributed by atoms with Gasteiger partial charge in [-0.3, -0.25) is 0 Å². The van der Waals surface area contributed by atoms with Crippen molar-refractivity contribution >= 4 is 15.7 Å². The number of hydrogen-bond donors (Lipinski definition) is 0. The van der Waals surface area contributed by atoms with Crippen LogP contribution in [0.4, 0.5) is 18.9 Å². The van der Waals surface area contributed by atoms with Gasteiger partial charge in [0.2, 0.25) is 10.0 Å². The van der Waals surface area contributed by atoms with E-state index in [4.69, 9.17) is 0 Å². The van der Waals surface area contributed by atoms with Crippen LogP contribution in [0.3, 0.4) is 0 Å². The van der Waals surface area contributed by atoms with E-state index in [0.29, 0.717) is 13.1 Å². The molecule has 152 valence electrons. The van der Waals surface area contributed by atoms with Gasteiger partial charge in [0.25, 0.3) is 0 Å². The van der Waals surface area contributed by atoms with Crippen LogP contribution in [0.1, 0.15) is 11.1 Å². The smallest absolute Gasteiger partial charge is 0.404 e. The molecular weight excluding hydrogens is 393 g/mol. The Balaban J connectivity index is 1.79. The van der Waals surface area contributed by atoms with Crippen molar-refractivity contribution in [3.05, 3.63) is 53.6 Å². The van der Waals surface area contributed by atoms with Gasteiger partial charge in [0.15, 0.2) is 0 Å². The molecule has 5 nitrogen and oxygen atoms in total. The summed E-state index contributed by atoms with van der Waals surface area (Å²) >= 11 is 0. The van der Waals surface area contributed by atoms with Gasteiger partial charge in [-0.2, -0.15) is 4.31 Å². The molecule has 28 heavy (non-hydrogen) atoms. The maximum atomic E-state index is 12.9. The highest BCUT2D eigenvalue weighted by atomic mass is 32.2. The maximum absolute atomic E-state index is 12.9. The Kier molecular flexibility index (Phi) is 5.58. The lowest BCUT2D eigenvalue weighted by atomic mass is 10.1. The second-order valence-corrected chi connectivity index (χ2v) is 8.58. The molecule has 1 aliphatic rings. The number of halogens is 3. The quantitative estimate of drug-likeness (QED) is 0.765. The van der Waals surface area contributed by atoms with E-state index in [1.807, 2.05) is 26.0 Å². The number of piperazine rings is 1. The van der Waals surface area contributed by atoms with Crippen molar-refractivity contribution < 1.29 is 26.3 Å². The minimum atomic E-state index is -4.96. The van der Waals surface area contributed by atoms with Crippen LogP contribution in [0.2, 0.25) is 0 Å². The van der Waals surface area contributed by atoms with E-state index in [0.717, 1.165) is 28.9 Å². The molecule has 0 amide bonds. The van der Waals surface area contributed by atoms with E-state index in [-0.39, 0.29) is 13.1 Å². The Morgan fingerprint density at radius 1 is 0.964 bits per heavy atom. The second-order valence-electron chi connectivity index (χ2n) is 6.68. The van der Waals surface area contributed by atoms with Gasteiger partial charge >= 0.3 is 6.36 Å². The number of aryl methyl sites for hydroxylation is 2. The van der Waals surface area contributed by atoms with Crippen molar-refractivity contribution in [1.29, 1.82) is 0 Å². The zero-order valence-electron chi connectivity index (χ0n) is 15.5. The van der Waals surface area contributed by atoms with Crippen molar-refractivity contribution in [3.63, 3.8) is 0 Å². The highest BCUT2D eigenvalue weighted by molar-refractivity contribution is 7.89. The average molecular weight is 414 g/mol. The highest BCUT2D eigenvalue weighted by Crippen LogP contribution is 2.32. The Morgan fingerprint density at radius 2 is 1.61 bits per heavy atom. The molecule has 0 bridgehead atoms. The Hall–Kier alpha value is -2.26. The fraction of sp³-hybridized carbons (Fsp3) is 0.368. The fourth-order valence-corrected chi connectivity index (χ4v) is 4.88. The lowest BCUT2D eigenvalue weighted by molar-refractivity contribution is -0.275. The Bertz CT molecular complexity index is 953. The van der Waals surface area contributed by atoms with Crippen LogP contribution in [0.25, 0.3) is 0 Å². The summed E-state index contributed by atoms with van der Waals surface area (Å²) < 4.78 is 68.8. The number of ether oxygens (including phenoxy) is 1. The third-order valence-corrected chi connectivity index (χ3v) is 6.56. The average Bonchev–Trinajstić information content (AvgIpc) is 2.61. The van der Waals surface area contributed by atoms with E-state index in [1.54, 1.807) is 0 Å². The number of hydrogen-bond acceptors (Lipinski definition) is 4. The van der Waals surface area contributed by atoms with Gasteiger partial charge in [0.05, 0.1) is 0 Å². The number of rotatable bonds is 4. The fourth-order valence-electron chi connectivity index (χ4n) is 3.34. The minimum absolute atomic E-state index is 0.177. The summed E-state index contributed by atoms with van der Waals surface area (Å²) in [6, 6.07) is 10.9. The predicted octanol–water partition coefficient (Wildman–Crippen LogP) is 3.71. The van der Waals surface area contributed by atoms with E-state index < -0.39 is 27.0 Å². The zero-order valence-corrected chi connectivity index (χ0v) is 16.3. The SMILES string of the molecule is Cc1ccc(N2CCN(S(=O)(=O)c3ccccc3OC(F)(F)F)CC2)c(C)c1. The largest absolute Gasteiger partial charge is 0.573 e. The highest BCUT2D eigenvalue weighted by Gasteiger charge is 2.36. The third kappa shape index (κ3) is 4.41. The van der Waals surface area contributed by atoms with Gasteiger partial charge in [-0.05, 0) is 37.6 Å². The number of sulfonamides is 1. The summed E-state index contributed by atoms with van der Waals surface area (Å²) in [5, 5.41) is 0. The number of anilines is 1. The molecular formula is C19H21F3N2O3S. The summed E-state index contributed by atoms with van der Waals surface area (Å²) in [5.41, 5.74) is 3.27. The number of para-hydroxylation sites is 1. The number of alkyl halides is 3. The standard InChI is InChI=1S/C19H21F3N2O3S/c1-14-7-8-16(15(2)13-14)23-9-11-24(12-10-23)28(25,26)18-6-4-3-5-17(18)27-19(20,21)22/h3-8,13H,9-12H2,1-2H3. The molecule has 0 atom stereocenters. The first-order valence-corrected chi connectivity index (χ1v) is 10.2. The maximum Gasteiger partial charge on any atom is 0.573 e. The third-order valence-electron chi connectivity index (χ3n) is 4.62. The molecule has 3 rings (SSSR count). The van der Waals surface area contributed by atoms with Crippen LogP contribution in [-0.4, -0.2) is 45.3 Å². The van der Waals surface area contributed by atoms with Crippen LogP contribution in [0.15, 0.2) is 47.4 Å². The first-order valence-electron chi connectivity index (χ1n) is 8.75. The first kappa shape index (κ1) is 20.5. The summed E-state index contributed by atoms with van der Waals surface area (Å²) in [4.78, 5) is 1.60. The second kappa shape index (κ2) is 7.63. The number of benzene rings is 2. The molecule has 2 aromatic rings. The van der Waals surface area contributed by atoms with Gasteiger partial charge in [-0.15, -0.1) is 13.2 Å². The van der Waals surface area contributed by atoms with Crippen LogP contribution in [0.5, 0.6) is 5.75 Å². The molecule has 1 aliphatic heterocycles. The molecule has 0 spiro atoms. The number of nitrogens with zero attached hydrogens (tertiary/aromatic N) is 2. The van der Waals surface area contributed by atoms with Crippen LogP contribution < -0.4 is 9.64 Å². The molecule has 0 radical (unpaired) electrons. The lowest BCUT2D eigenvalue weighted by Crippen LogP contribution is -2.49. The Morgan fingerprint density at radius 3 is 2.21 bits per heavy atom. The van der Waals surface area contributed by atoms with Crippen molar-refractivity contribution in [1.82, 2.24) is 4.31 Å². The van der Waals surface area contributed by atoms with Crippen LogP contribution in [-0.2, 0) is 10.0 Å². The molecule has 0 aromatic heterocycles. The van der Waals surface area contributed by atoms with Gasteiger partial charge in [0.1, 0.15) is 10.6 Å². The van der Waals surface area contributed by atoms with Crippen molar-refractivity contribution in [2.45, 2.75) is 25.1 Å². The normalized spacial score (nSPS) is 16.2. The van der Waals surface area contributed by atoms with Gasteiger partial charge < -0.3 is 9.64 Å². The van der Waals surface area contributed by atoms with E-state index in [9.17, 15) is 21.6 Å². The molecule has 9 heteroatoms. The minimum Gasteiger partial charge on any atom is -0.404 e. The van der Waals surface area contributed by atoms with Crippen molar-refractivity contribution in [2.24, 2.45) is 0 Å². The zero-order chi connectivity index (χ0) is 20.5. The van der Waals surface area contributed by atoms with Gasteiger partial charge in [0, 0.05) is 31.9 Å². The molecule has 1 saturated heterocycles.